The third-order valence-corrected chi connectivity index (χ3v) is 5.02. The second kappa shape index (κ2) is 7.95. The lowest BCUT2D eigenvalue weighted by Gasteiger charge is -2.21. The minimum Gasteiger partial charge on any atom is -0.467 e. The van der Waals surface area contributed by atoms with E-state index < -0.39 is 0 Å². The van der Waals surface area contributed by atoms with Gasteiger partial charge in [-0.1, -0.05) is 0 Å². The molecular weight excluding hydrogens is 370 g/mol. The van der Waals surface area contributed by atoms with Crippen molar-refractivity contribution in [2.24, 2.45) is 0 Å². The van der Waals surface area contributed by atoms with Crippen molar-refractivity contribution < 1.29 is 18.7 Å². The maximum absolute atomic E-state index is 13.0. The van der Waals surface area contributed by atoms with Gasteiger partial charge in [-0.3, -0.25) is 4.79 Å². The van der Waals surface area contributed by atoms with Crippen molar-refractivity contribution in [3.05, 3.63) is 71.4 Å². The Hall–Kier alpha value is -3.35. The predicted molar refractivity (Wildman–Crippen MR) is 106 cm³/mol. The van der Waals surface area contributed by atoms with Crippen molar-refractivity contribution >= 4 is 11.9 Å². The number of furan rings is 1. The highest BCUT2D eigenvalue weighted by molar-refractivity contribution is 5.95. The van der Waals surface area contributed by atoms with Crippen molar-refractivity contribution in [1.82, 2.24) is 14.7 Å². The molecule has 1 fully saturated rings. The fraction of sp³-hybridized carbons (Fsp3) is 0.318. The van der Waals surface area contributed by atoms with E-state index in [0.717, 1.165) is 24.3 Å². The molecule has 2 aromatic heterocycles. The van der Waals surface area contributed by atoms with Crippen molar-refractivity contribution in [2.45, 2.75) is 39.3 Å². The zero-order valence-electron chi connectivity index (χ0n) is 16.5. The molecule has 0 unspecified atom stereocenters. The second-order valence-electron chi connectivity index (χ2n) is 7.07. The van der Waals surface area contributed by atoms with Crippen LogP contribution in [0.2, 0.25) is 0 Å². The van der Waals surface area contributed by atoms with Gasteiger partial charge in [-0.15, -0.1) is 0 Å². The van der Waals surface area contributed by atoms with E-state index in [1.165, 1.54) is 6.20 Å². The molecule has 1 amide bonds. The van der Waals surface area contributed by atoms with Gasteiger partial charge in [0.25, 0.3) is 5.91 Å². The fourth-order valence-corrected chi connectivity index (χ4v) is 3.31. The third kappa shape index (κ3) is 3.94. The van der Waals surface area contributed by atoms with Gasteiger partial charge in [0.1, 0.15) is 11.3 Å². The summed E-state index contributed by atoms with van der Waals surface area (Å²) in [6.07, 6.45) is 5.17. The van der Waals surface area contributed by atoms with Crippen LogP contribution < -0.4 is 0 Å². The first-order valence-electron chi connectivity index (χ1n) is 9.74. The molecule has 0 N–H and O–H groups in total. The van der Waals surface area contributed by atoms with E-state index in [1.807, 2.05) is 36.1 Å². The molecule has 7 nitrogen and oxygen atoms in total. The number of carbonyl (C=O) groups excluding carboxylic acids is 2. The third-order valence-electron chi connectivity index (χ3n) is 5.02. The van der Waals surface area contributed by atoms with Crippen molar-refractivity contribution in [3.8, 4) is 5.69 Å². The Labute approximate surface area is 168 Å². The first-order chi connectivity index (χ1) is 14.1. The molecule has 0 spiro atoms. The molecule has 0 aliphatic heterocycles. The molecule has 0 saturated heterocycles. The Morgan fingerprint density at radius 2 is 2.00 bits per heavy atom. The quantitative estimate of drug-likeness (QED) is 0.571. The molecule has 0 radical (unpaired) electrons. The zero-order valence-corrected chi connectivity index (χ0v) is 16.5. The second-order valence-corrected chi connectivity index (χ2v) is 7.07. The van der Waals surface area contributed by atoms with Gasteiger partial charge < -0.3 is 14.1 Å². The van der Waals surface area contributed by atoms with Crippen LogP contribution in [0.1, 0.15) is 51.9 Å². The fourth-order valence-electron chi connectivity index (χ4n) is 3.31. The highest BCUT2D eigenvalue weighted by atomic mass is 16.5. The molecule has 1 aliphatic carbocycles. The molecule has 150 valence electrons. The summed E-state index contributed by atoms with van der Waals surface area (Å²) in [5, 5.41) is 4.30. The van der Waals surface area contributed by atoms with E-state index in [0.29, 0.717) is 30.0 Å². The van der Waals surface area contributed by atoms with Gasteiger partial charge in [0.15, 0.2) is 0 Å². The van der Waals surface area contributed by atoms with Crippen LogP contribution in [-0.2, 0) is 11.3 Å². The number of esters is 1. The molecule has 7 heteroatoms. The molecule has 4 rings (SSSR count). The van der Waals surface area contributed by atoms with Gasteiger partial charge in [-0.05, 0) is 63.1 Å². The normalized spacial score (nSPS) is 13.3. The van der Waals surface area contributed by atoms with Crippen LogP contribution in [0.3, 0.4) is 0 Å². The average Bonchev–Trinajstić information content (AvgIpc) is 3.29. The van der Waals surface area contributed by atoms with E-state index in [9.17, 15) is 9.59 Å². The largest absolute Gasteiger partial charge is 0.467 e. The monoisotopic (exact) mass is 393 g/mol. The maximum atomic E-state index is 13.0. The number of amides is 1. The molecule has 3 aromatic rings. The number of benzene rings is 1. The highest BCUT2D eigenvalue weighted by Crippen LogP contribution is 2.30. The van der Waals surface area contributed by atoms with Gasteiger partial charge in [-0.25, -0.2) is 9.48 Å². The zero-order chi connectivity index (χ0) is 20.4. The van der Waals surface area contributed by atoms with E-state index in [1.54, 1.807) is 30.0 Å². The molecule has 2 heterocycles. The van der Waals surface area contributed by atoms with Crippen LogP contribution in [0, 0.1) is 6.92 Å². The van der Waals surface area contributed by atoms with E-state index in [4.69, 9.17) is 9.15 Å². The molecule has 1 saturated carbocycles. The van der Waals surface area contributed by atoms with Crippen LogP contribution in [0.15, 0.2) is 53.3 Å². The van der Waals surface area contributed by atoms with Gasteiger partial charge in [-0.2, -0.15) is 5.10 Å². The molecular formula is C22H23N3O4. The summed E-state index contributed by atoms with van der Waals surface area (Å²) < 4.78 is 12.1. The van der Waals surface area contributed by atoms with Crippen LogP contribution in [0.5, 0.6) is 0 Å². The molecule has 1 aliphatic rings. The first kappa shape index (κ1) is 19.0. The van der Waals surface area contributed by atoms with Gasteiger partial charge >= 0.3 is 5.97 Å². The van der Waals surface area contributed by atoms with Crippen molar-refractivity contribution in [2.75, 3.05) is 6.61 Å². The summed E-state index contributed by atoms with van der Waals surface area (Å²) in [6, 6.07) is 11.2. The topological polar surface area (TPSA) is 77.6 Å². The lowest BCUT2D eigenvalue weighted by Crippen LogP contribution is -2.32. The minimum absolute atomic E-state index is 0.0140. The standard InChI is InChI=1S/C22H23N3O4/c1-3-28-22(27)20-13-23-25(15(20)2)18-8-6-16(7-9-18)21(26)24(17-10-11-17)14-19-5-4-12-29-19/h4-9,12-13,17H,3,10-11,14H2,1-2H3. The minimum atomic E-state index is -0.388. The Morgan fingerprint density at radius 3 is 2.62 bits per heavy atom. The van der Waals surface area contributed by atoms with Crippen molar-refractivity contribution in [1.29, 1.82) is 0 Å². The number of rotatable bonds is 7. The predicted octanol–water partition coefficient (Wildman–Crippen LogP) is 3.76. The van der Waals surface area contributed by atoms with Gasteiger partial charge in [0.2, 0.25) is 0 Å². The lowest BCUT2D eigenvalue weighted by molar-refractivity contribution is 0.0525. The average molecular weight is 393 g/mol. The highest BCUT2D eigenvalue weighted by Gasteiger charge is 2.33. The Kier molecular flexibility index (Phi) is 5.20. The first-order valence-corrected chi connectivity index (χ1v) is 9.74. The summed E-state index contributed by atoms with van der Waals surface area (Å²) in [6.45, 7) is 4.37. The summed E-state index contributed by atoms with van der Waals surface area (Å²) in [4.78, 5) is 26.9. The van der Waals surface area contributed by atoms with E-state index in [2.05, 4.69) is 5.10 Å². The van der Waals surface area contributed by atoms with Gasteiger partial charge in [0.05, 0.1) is 37.0 Å². The number of carbonyl (C=O) groups is 2. The SMILES string of the molecule is CCOC(=O)c1cnn(-c2ccc(C(=O)N(Cc3ccco3)C3CC3)cc2)c1C. The summed E-state index contributed by atoms with van der Waals surface area (Å²) in [7, 11) is 0. The number of hydrogen-bond donors (Lipinski definition) is 0. The Morgan fingerprint density at radius 1 is 1.24 bits per heavy atom. The lowest BCUT2D eigenvalue weighted by atomic mass is 10.1. The molecule has 1 aromatic carbocycles. The Bertz CT molecular complexity index is 1000. The summed E-state index contributed by atoms with van der Waals surface area (Å²) >= 11 is 0. The van der Waals surface area contributed by atoms with Crippen LogP contribution in [-0.4, -0.2) is 39.2 Å². The number of nitrogens with zero attached hydrogens (tertiary/aromatic N) is 3. The maximum Gasteiger partial charge on any atom is 0.341 e. The number of aromatic nitrogens is 2. The van der Waals surface area contributed by atoms with Crippen molar-refractivity contribution in [3.63, 3.8) is 0 Å². The summed E-state index contributed by atoms with van der Waals surface area (Å²) in [5.74, 6) is 0.376. The van der Waals surface area contributed by atoms with Crippen LogP contribution in [0.25, 0.3) is 5.69 Å². The van der Waals surface area contributed by atoms with E-state index in [-0.39, 0.29) is 17.9 Å². The van der Waals surface area contributed by atoms with Crippen LogP contribution >= 0.6 is 0 Å². The number of ether oxygens (including phenoxy) is 1. The van der Waals surface area contributed by atoms with Crippen LogP contribution in [0.4, 0.5) is 0 Å². The smallest absolute Gasteiger partial charge is 0.341 e. The summed E-state index contributed by atoms with van der Waals surface area (Å²) in [5.41, 5.74) is 2.52. The molecule has 0 atom stereocenters. The Balaban J connectivity index is 1.53. The molecule has 29 heavy (non-hydrogen) atoms. The van der Waals surface area contributed by atoms with Gasteiger partial charge in [0, 0.05) is 11.6 Å². The number of hydrogen-bond acceptors (Lipinski definition) is 5. The molecule has 0 bridgehead atoms. The van der Waals surface area contributed by atoms with E-state index >= 15 is 0 Å².